The van der Waals surface area contributed by atoms with Gasteiger partial charge >= 0.3 is 5.97 Å². The number of carboxylic acids is 1. The molecule has 0 bridgehead atoms. The molecule has 1 N–H and O–H groups in total. The molecule has 1 saturated heterocycles. The average Bonchev–Trinajstić information content (AvgIpc) is 2.94. The maximum atomic E-state index is 11.5. The van der Waals surface area contributed by atoms with E-state index < -0.39 is 5.97 Å². The molecule has 2 heterocycles. The van der Waals surface area contributed by atoms with Crippen LogP contribution in [0.3, 0.4) is 0 Å². The van der Waals surface area contributed by atoms with Crippen molar-refractivity contribution in [3.63, 3.8) is 0 Å². The van der Waals surface area contributed by atoms with Gasteiger partial charge in [0.15, 0.2) is 5.82 Å². The maximum absolute atomic E-state index is 11.5. The van der Waals surface area contributed by atoms with Gasteiger partial charge in [0.2, 0.25) is 5.69 Å². The zero-order chi connectivity index (χ0) is 14.8. The molecule has 110 valence electrons. The molecule has 6 heteroatoms. The molecule has 1 aliphatic rings. The van der Waals surface area contributed by atoms with Crippen LogP contribution in [0.2, 0.25) is 0 Å². The first-order valence-electron chi connectivity index (χ1n) is 7.18. The van der Waals surface area contributed by atoms with Crippen molar-refractivity contribution in [1.29, 1.82) is 0 Å². The predicted molar refractivity (Wildman–Crippen MR) is 79.1 cm³/mol. The van der Waals surface area contributed by atoms with Gasteiger partial charge in [0.1, 0.15) is 0 Å². The second-order valence-corrected chi connectivity index (χ2v) is 5.30. The fraction of sp³-hybridized carbons (Fsp3) is 0.400. The van der Waals surface area contributed by atoms with Crippen molar-refractivity contribution in [2.45, 2.75) is 26.2 Å². The molecule has 0 spiro atoms. The van der Waals surface area contributed by atoms with Crippen molar-refractivity contribution < 1.29 is 9.90 Å². The molecule has 1 aliphatic heterocycles. The van der Waals surface area contributed by atoms with Crippen LogP contribution >= 0.6 is 0 Å². The van der Waals surface area contributed by atoms with E-state index in [0.29, 0.717) is 5.82 Å². The van der Waals surface area contributed by atoms with E-state index in [-0.39, 0.29) is 5.69 Å². The highest BCUT2D eigenvalue weighted by atomic mass is 16.4. The van der Waals surface area contributed by atoms with Crippen LogP contribution in [-0.2, 0) is 0 Å². The zero-order valence-electron chi connectivity index (χ0n) is 12.0. The molecular weight excluding hydrogens is 268 g/mol. The number of anilines is 1. The Morgan fingerprint density at radius 1 is 1.14 bits per heavy atom. The summed E-state index contributed by atoms with van der Waals surface area (Å²) in [4.78, 5) is 14.9. The molecule has 6 nitrogen and oxygen atoms in total. The lowest BCUT2D eigenvalue weighted by molar-refractivity contribution is 0.0690. The molecule has 0 saturated carbocycles. The summed E-state index contributed by atoms with van der Waals surface area (Å²) in [5, 5.41) is 18.0. The summed E-state index contributed by atoms with van der Waals surface area (Å²) in [5.74, 6) is -0.555. The van der Waals surface area contributed by atoms with E-state index in [1.807, 2.05) is 36.1 Å². The Morgan fingerprint density at radius 3 is 2.52 bits per heavy atom. The average molecular weight is 286 g/mol. The largest absolute Gasteiger partial charge is 0.476 e. The van der Waals surface area contributed by atoms with Gasteiger partial charge in [-0.3, -0.25) is 0 Å². The van der Waals surface area contributed by atoms with Gasteiger partial charge < -0.3 is 10.0 Å². The maximum Gasteiger partial charge on any atom is 0.360 e. The number of para-hydroxylation sites is 1. The topological polar surface area (TPSA) is 71.2 Å². The van der Waals surface area contributed by atoms with E-state index in [1.54, 1.807) is 0 Å². The lowest BCUT2D eigenvalue weighted by Gasteiger charge is -2.26. The first-order valence-corrected chi connectivity index (χ1v) is 7.18. The quantitative estimate of drug-likeness (QED) is 0.937. The minimum atomic E-state index is -1.03. The first kappa shape index (κ1) is 13.6. The molecule has 0 radical (unpaired) electrons. The van der Waals surface area contributed by atoms with Crippen molar-refractivity contribution in [2.24, 2.45) is 0 Å². The summed E-state index contributed by atoms with van der Waals surface area (Å²) in [7, 11) is 0. The standard InChI is InChI=1S/C15H18N4O2/c1-11-7-3-4-8-12(11)19-16-13(15(20)21)14(17-19)18-9-5-2-6-10-18/h3-4,7-8H,2,5-6,9-10H2,1H3,(H,20,21). The Balaban J connectivity index is 2.04. The summed E-state index contributed by atoms with van der Waals surface area (Å²) in [5.41, 5.74) is 1.85. The van der Waals surface area contributed by atoms with E-state index in [1.165, 1.54) is 11.2 Å². The second kappa shape index (κ2) is 5.55. The number of aromatic carboxylic acids is 1. The summed E-state index contributed by atoms with van der Waals surface area (Å²) in [6.07, 6.45) is 3.32. The Hall–Kier alpha value is -2.37. The van der Waals surface area contributed by atoms with Gasteiger partial charge in [-0.15, -0.1) is 15.0 Å². The SMILES string of the molecule is Cc1ccccc1-n1nc(C(=O)O)c(N2CCCCC2)n1. The molecule has 0 aliphatic carbocycles. The molecule has 0 atom stereocenters. The Morgan fingerprint density at radius 2 is 1.86 bits per heavy atom. The lowest BCUT2D eigenvalue weighted by atomic mass is 10.1. The van der Waals surface area contributed by atoms with Gasteiger partial charge in [-0.25, -0.2) is 4.79 Å². The van der Waals surface area contributed by atoms with Crippen molar-refractivity contribution in [1.82, 2.24) is 15.0 Å². The third-order valence-corrected chi connectivity index (χ3v) is 3.79. The van der Waals surface area contributed by atoms with Crippen LogP contribution in [0.25, 0.3) is 5.69 Å². The van der Waals surface area contributed by atoms with Crippen molar-refractivity contribution in [3.8, 4) is 5.69 Å². The van der Waals surface area contributed by atoms with E-state index >= 15 is 0 Å². The first-order chi connectivity index (χ1) is 10.2. The predicted octanol–water partition coefficient (Wildman–Crippen LogP) is 2.26. The minimum absolute atomic E-state index is 0.0279. The van der Waals surface area contributed by atoms with Crippen LogP contribution in [0.4, 0.5) is 5.82 Å². The minimum Gasteiger partial charge on any atom is -0.476 e. The van der Waals surface area contributed by atoms with Crippen LogP contribution in [-0.4, -0.2) is 39.2 Å². The zero-order valence-corrected chi connectivity index (χ0v) is 12.0. The molecule has 0 unspecified atom stereocenters. The van der Waals surface area contributed by atoms with Crippen LogP contribution in [0.15, 0.2) is 24.3 Å². The lowest BCUT2D eigenvalue weighted by Crippen LogP contribution is -2.31. The summed E-state index contributed by atoms with van der Waals surface area (Å²) < 4.78 is 0. The van der Waals surface area contributed by atoms with Crippen molar-refractivity contribution in [3.05, 3.63) is 35.5 Å². The van der Waals surface area contributed by atoms with Crippen LogP contribution in [0.5, 0.6) is 0 Å². The Bertz CT molecular complexity index is 659. The van der Waals surface area contributed by atoms with Gasteiger partial charge in [-0.2, -0.15) is 0 Å². The molecular formula is C15H18N4O2. The number of hydrogen-bond acceptors (Lipinski definition) is 4. The Labute approximate surface area is 123 Å². The number of carboxylic acid groups (broad SMARTS) is 1. The van der Waals surface area contributed by atoms with E-state index in [0.717, 1.165) is 37.2 Å². The van der Waals surface area contributed by atoms with Gasteiger partial charge in [-0.1, -0.05) is 18.2 Å². The number of aromatic nitrogens is 3. The molecule has 1 fully saturated rings. The molecule has 3 rings (SSSR count). The number of rotatable bonds is 3. The monoisotopic (exact) mass is 286 g/mol. The fourth-order valence-electron chi connectivity index (χ4n) is 2.65. The highest BCUT2D eigenvalue weighted by Gasteiger charge is 2.24. The van der Waals surface area contributed by atoms with E-state index in [4.69, 9.17) is 0 Å². The van der Waals surface area contributed by atoms with E-state index in [2.05, 4.69) is 10.2 Å². The molecule has 0 amide bonds. The number of hydrogen-bond donors (Lipinski definition) is 1. The van der Waals surface area contributed by atoms with Crippen LogP contribution in [0, 0.1) is 6.92 Å². The highest BCUT2D eigenvalue weighted by Crippen LogP contribution is 2.23. The summed E-state index contributed by atoms with van der Waals surface area (Å²) in [6, 6.07) is 7.68. The second-order valence-electron chi connectivity index (χ2n) is 5.30. The smallest absolute Gasteiger partial charge is 0.360 e. The van der Waals surface area contributed by atoms with Gasteiger partial charge in [0.05, 0.1) is 5.69 Å². The van der Waals surface area contributed by atoms with Gasteiger partial charge in [0, 0.05) is 13.1 Å². The number of piperidine rings is 1. The van der Waals surface area contributed by atoms with Gasteiger partial charge in [-0.05, 0) is 37.8 Å². The number of benzene rings is 1. The molecule has 21 heavy (non-hydrogen) atoms. The molecule has 1 aromatic heterocycles. The van der Waals surface area contributed by atoms with Crippen LogP contribution < -0.4 is 4.90 Å². The van der Waals surface area contributed by atoms with Crippen molar-refractivity contribution >= 4 is 11.8 Å². The van der Waals surface area contributed by atoms with Crippen LogP contribution in [0.1, 0.15) is 35.3 Å². The number of aryl methyl sites for hydroxylation is 1. The Kier molecular flexibility index (Phi) is 3.60. The van der Waals surface area contributed by atoms with E-state index in [9.17, 15) is 9.90 Å². The third-order valence-electron chi connectivity index (χ3n) is 3.79. The fourth-order valence-corrected chi connectivity index (χ4v) is 2.65. The third kappa shape index (κ3) is 2.61. The van der Waals surface area contributed by atoms with Crippen molar-refractivity contribution in [2.75, 3.05) is 18.0 Å². The summed E-state index contributed by atoms with van der Waals surface area (Å²) in [6.45, 7) is 3.64. The summed E-state index contributed by atoms with van der Waals surface area (Å²) >= 11 is 0. The number of carbonyl (C=O) groups is 1. The molecule has 1 aromatic carbocycles. The van der Waals surface area contributed by atoms with Gasteiger partial charge in [0.25, 0.3) is 0 Å². The normalized spacial score (nSPS) is 15.2. The molecule has 2 aromatic rings. The highest BCUT2D eigenvalue weighted by molar-refractivity contribution is 5.91. The number of nitrogens with zero attached hydrogens (tertiary/aromatic N) is 4.